The molecule has 2 amide bonds. The molecule has 1 saturated heterocycles. The average Bonchev–Trinajstić information content (AvgIpc) is 3.21. The molecule has 8 heteroatoms. The summed E-state index contributed by atoms with van der Waals surface area (Å²) in [6, 6.07) is 6.98. The van der Waals surface area contributed by atoms with Crippen LogP contribution in [0.1, 0.15) is 28.2 Å². The van der Waals surface area contributed by atoms with Crippen LogP contribution in [0.15, 0.2) is 28.8 Å². The second-order valence-electron chi connectivity index (χ2n) is 6.71. The molecular weight excluding hydrogens is 350 g/mol. The Hall–Kier alpha value is -3.03. The molecular formula is C19H21N3O5. The van der Waals surface area contributed by atoms with Gasteiger partial charge in [0.15, 0.2) is 11.5 Å². The van der Waals surface area contributed by atoms with Crippen molar-refractivity contribution in [1.29, 1.82) is 0 Å². The molecule has 0 radical (unpaired) electrons. The van der Waals surface area contributed by atoms with E-state index < -0.39 is 0 Å². The number of amides is 2. The third kappa shape index (κ3) is 3.74. The van der Waals surface area contributed by atoms with Gasteiger partial charge in [-0.15, -0.1) is 0 Å². The number of fused-ring (bicyclic) bond motifs is 1. The van der Waals surface area contributed by atoms with E-state index in [2.05, 4.69) is 5.16 Å². The van der Waals surface area contributed by atoms with Crippen LogP contribution in [0.2, 0.25) is 0 Å². The highest BCUT2D eigenvalue weighted by molar-refractivity contribution is 5.95. The number of aromatic nitrogens is 1. The highest BCUT2D eigenvalue weighted by atomic mass is 16.7. The van der Waals surface area contributed by atoms with Gasteiger partial charge in [0.25, 0.3) is 5.91 Å². The van der Waals surface area contributed by atoms with Gasteiger partial charge in [0, 0.05) is 37.8 Å². The lowest BCUT2D eigenvalue weighted by Gasteiger charge is -2.22. The maximum Gasteiger partial charge on any atom is 0.254 e. The fourth-order valence-corrected chi connectivity index (χ4v) is 3.34. The van der Waals surface area contributed by atoms with Crippen molar-refractivity contribution in [2.45, 2.75) is 19.8 Å². The smallest absolute Gasteiger partial charge is 0.254 e. The number of rotatable bonds is 3. The van der Waals surface area contributed by atoms with Gasteiger partial charge < -0.3 is 23.8 Å². The Balaban J connectivity index is 1.38. The second-order valence-corrected chi connectivity index (χ2v) is 6.71. The summed E-state index contributed by atoms with van der Waals surface area (Å²) in [6.07, 6.45) is 0.925. The van der Waals surface area contributed by atoms with Crippen molar-refractivity contribution < 1.29 is 23.6 Å². The van der Waals surface area contributed by atoms with Gasteiger partial charge in [-0.05, 0) is 31.5 Å². The number of nitrogens with zero attached hydrogens (tertiary/aromatic N) is 3. The summed E-state index contributed by atoms with van der Waals surface area (Å²) >= 11 is 0. The Morgan fingerprint density at radius 3 is 2.63 bits per heavy atom. The summed E-state index contributed by atoms with van der Waals surface area (Å²) in [4.78, 5) is 28.9. The Morgan fingerprint density at radius 1 is 1.04 bits per heavy atom. The van der Waals surface area contributed by atoms with Crippen molar-refractivity contribution in [2.24, 2.45) is 0 Å². The minimum absolute atomic E-state index is 0.0106. The maximum atomic E-state index is 12.8. The van der Waals surface area contributed by atoms with Crippen molar-refractivity contribution in [1.82, 2.24) is 15.0 Å². The van der Waals surface area contributed by atoms with E-state index in [-0.39, 0.29) is 25.0 Å². The number of carbonyl (C=O) groups excluding carboxylic acids is 2. The van der Waals surface area contributed by atoms with E-state index in [1.54, 1.807) is 34.1 Å². The molecule has 2 aliphatic rings. The molecule has 3 heterocycles. The number of benzene rings is 1. The van der Waals surface area contributed by atoms with Gasteiger partial charge in [-0.1, -0.05) is 5.16 Å². The standard InChI is InChI=1S/C19H21N3O5/c1-13-9-15(27-20-13)11-18(23)21-5-2-6-22(8-7-21)19(24)14-3-4-16-17(10-14)26-12-25-16/h3-4,9-10H,2,5-8,11-12H2,1H3. The zero-order valence-corrected chi connectivity index (χ0v) is 15.1. The van der Waals surface area contributed by atoms with Gasteiger partial charge in [0.05, 0.1) is 12.1 Å². The molecule has 0 unspecified atom stereocenters. The zero-order valence-electron chi connectivity index (χ0n) is 15.1. The zero-order chi connectivity index (χ0) is 18.8. The second kappa shape index (κ2) is 7.30. The van der Waals surface area contributed by atoms with Gasteiger partial charge >= 0.3 is 0 Å². The Morgan fingerprint density at radius 2 is 1.81 bits per heavy atom. The van der Waals surface area contributed by atoms with E-state index in [0.29, 0.717) is 49.0 Å². The molecule has 0 aliphatic carbocycles. The van der Waals surface area contributed by atoms with E-state index in [4.69, 9.17) is 14.0 Å². The van der Waals surface area contributed by atoms with Crippen LogP contribution in [0.4, 0.5) is 0 Å². The summed E-state index contributed by atoms with van der Waals surface area (Å²) in [5.41, 5.74) is 1.32. The van der Waals surface area contributed by atoms with E-state index in [9.17, 15) is 9.59 Å². The number of carbonyl (C=O) groups is 2. The molecule has 0 bridgehead atoms. The van der Waals surface area contributed by atoms with Crippen LogP contribution >= 0.6 is 0 Å². The molecule has 1 aromatic heterocycles. The lowest BCUT2D eigenvalue weighted by molar-refractivity contribution is -0.130. The fraction of sp³-hybridized carbons (Fsp3) is 0.421. The van der Waals surface area contributed by atoms with E-state index in [0.717, 1.165) is 12.1 Å². The Kier molecular flexibility index (Phi) is 4.70. The molecule has 142 valence electrons. The number of aryl methyl sites for hydroxylation is 1. The lowest BCUT2D eigenvalue weighted by Crippen LogP contribution is -2.37. The van der Waals surface area contributed by atoms with E-state index >= 15 is 0 Å². The van der Waals surface area contributed by atoms with Crippen molar-refractivity contribution in [3.8, 4) is 11.5 Å². The molecule has 27 heavy (non-hydrogen) atoms. The predicted molar refractivity (Wildman–Crippen MR) is 94.6 cm³/mol. The molecule has 1 aromatic carbocycles. The van der Waals surface area contributed by atoms with Gasteiger partial charge in [-0.25, -0.2) is 0 Å². The van der Waals surface area contributed by atoms with Gasteiger partial charge in [0.1, 0.15) is 5.76 Å². The summed E-state index contributed by atoms with van der Waals surface area (Å²) in [5.74, 6) is 1.74. The molecule has 2 aromatic rings. The molecule has 0 saturated carbocycles. The van der Waals surface area contributed by atoms with E-state index in [1.165, 1.54) is 0 Å². The third-order valence-corrected chi connectivity index (χ3v) is 4.76. The highest BCUT2D eigenvalue weighted by Gasteiger charge is 2.25. The van der Waals surface area contributed by atoms with Gasteiger partial charge in [0.2, 0.25) is 12.7 Å². The summed E-state index contributed by atoms with van der Waals surface area (Å²) in [7, 11) is 0. The van der Waals surface area contributed by atoms with Crippen LogP contribution in [-0.2, 0) is 11.2 Å². The highest BCUT2D eigenvalue weighted by Crippen LogP contribution is 2.32. The third-order valence-electron chi connectivity index (χ3n) is 4.76. The van der Waals surface area contributed by atoms with Crippen molar-refractivity contribution >= 4 is 11.8 Å². The van der Waals surface area contributed by atoms with Crippen molar-refractivity contribution in [3.05, 3.63) is 41.3 Å². The minimum atomic E-state index is -0.0616. The molecule has 1 fully saturated rings. The SMILES string of the molecule is Cc1cc(CC(=O)N2CCCN(C(=O)c3ccc4c(c3)OCO4)CC2)on1. The summed E-state index contributed by atoms with van der Waals surface area (Å²) in [5, 5.41) is 3.81. The van der Waals surface area contributed by atoms with Crippen LogP contribution in [0, 0.1) is 6.92 Å². The molecule has 0 atom stereocenters. The largest absolute Gasteiger partial charge is 0.454 e. The van der Waals surface area contributed by atoms with Crippen LogP contribution < -0.4 is 9.47 Å². The molecule has 0 N–H and O–H groups in total. The fourth-order valence-electron chi connectivity index (χ4n) is 3.34. The van der Waals surface area contributed by atoms with Crippen molar-refractivity contribution in [3.63, 3.8) is 0 Å². The Labute approximate surface area is 156 Å². The van der Waals surface area contributed by atoms with Crippen LogP contribution in [0.25, 0.3) is 0 Å². The number of hydrogen-bond acceptors (Lipinski definition) is 6. The first-order valence-electron chi connectivity index (χ1n) is 8.99. The molecule has 0 spiro atoms. The molecule has 8 nitrogen and oxygen atoms in total. The quantitative estimate of drug-likeness (QED) is 0.815. The predicted octanol–water partition coefficient (Wildman–Crippen LogP) is 1.63. The minimum Gasteiger partial charge on any atom is -0.454 e. The van der Waals surface area contributed by atoms with Crippen LogP contribution in [0.3, 0.4) is 0 Å². The van der Waals surface area contributed by atoms with E-state index in [1.807, 2.05) is 6.92 Å². The van der Waals surface area contributed by atoms with Crippen molar-refractivity contribution in [2.75, 3.05) is 33.0 Å². The topological polar surface area (TPSA) is 85.1 Å². The average molecular weight is 371 g/mol. The molecule has 2 aliphatic heterocycles. The monoisotopic (exact) mass is 371 g/mol. The first kappa shape index (κ1) is 17.4. The van der Waals surface area contributed by atoms with Crippen LogP contribution in [-0.4, -0.2) is 59.7 Å². The number of hydrogen-bond donors (Lipinski definition) is 0. The first-order valence-corrected chi connectivity index (χ1v) is 8.99. The number of ether oxygens (including phenoxy) is 2. The first-order chi connectivity index (χ1) is 13.1. The van der Waals surface area contributed by atoms with Gasteiger partial charge in [-0.2, -0.15) is 0 Å². The van der Waals surface area contributed by atoms with Gasteiger partial charge in [-0.3, -0.25) is 9.59 Å². The summed E-state index contributed by atoms with van der Waals surface area (Å²) < 4.78 is 15.8. The normalized spacial score (nSPS) is 16.3. The molecule has 4 rings (SSSR count). The lowest BCUT2D eigenvalue weighted by atomic mass is 10.1. The maximum absolute atomic E-state index is 12.8. The summed E-state index contributed by atoms with van der Waals surface area (Å²) in [6.45, 7) is 4.23. The Bertz CT molecular complexity index is 863. The van der Waals surface area contributed by atoms with Crippen LogP contribution in [0.5, 0.6) is 11.5 Å².